The van der Waals surface area contributed by atoms with Crippen LogP contribution in [0.5, 0.6) is 17.4 Å². The van der Waals surface area contributed by atoms with Crippen LogP contribution in [0.25, 0.3) is 16.8 Å². The molecule has 1 fully saturated rings. The summed E-state index contributed by atoms with van der Waals surface area (Å²) in [6, 6.07) is 14.3. The maximum Gasteiger partial charge on any atom is 0.296 e. The number of carbonyl (C=O) groups is 1. The van der Waals surface area contributed by atoms with E-state index in [-0.39, 0.29) is 39.7 Å². The summed E-state index contributed by atoms with van der Waals surface area (Å²) >= 11 is 0. The number of sulfone groups is 1. The van der Waals surface area contributed by atoms with E-state index in [9.17, 15) is 23.1 Å². The van der Waals surface area contributed by atoms with Gasteiger partial charge < -0.3 is 19.9 Å². The fourth-order valence-corrected chi connectivity index (χ4v) is 6.10. The number of rotatable bonds is 11. The van der Waals surface area contributed by atoms with Crippen LogP contribution in [0, 0.1) is 5.92 Å². The van der Waals surface area contributed by atoms with Crippen LogP contribution in [0.1, 0.15) is 38.4 Å². The number of anilines is 1. The van der Waals surface area contributed by atoms with Crippen molar-refractivity contribution in [2.24, 2.45) is 5.92 Å². The number of benzene rings is 2. The molecular formula is C31H32N4O7S. The molecule has 2 N–H and O–H groups in total. The van der Waals surface area contributed by atoms with Crippen molar-refractivity contribution in [3.63, 3.8) is 0 Å². The van der Waals surface area contributed by atoms with Crippen molar-refractivity contribution in [3.8, 4) is 34.2 Å². The molecule has 2 aromatic carbocycles. The van der Waals surface area contributed by atoms with Crippen molar-refractivity contribution >= 4 is 21.6 Å². The third-order valence-electron chi connectivity index (χ3n) is 7.20. The first-order chi connectivity index (χ1) is 20.7. The number of pyridine rings is 1. The van der Waals surface area contributed by atoms with Gasteiger partial charge in [-0.15, -0.1) is 0 Å². The zero-order valence-corrected chi connectivity index (χ0v) is 24.8. The van der Waals surface area contributed by atoms with Gasteiger partial charge >= 0.3 is 0 Å². The molecule has 2 aromatic heterocycles. The Hall–Kier alpha value is -4.71. The van der Waals surface area contributed by atoms with Crippen molar-refractivity contribution in [1.82, 2.24) is 14.5 Å². The molecule has 0 unspecified atom stereocenters. The predicted octanol–water partition coefficient (Wildman–Crippen LogP) is 4.54. The lowest BCUT2D eigenvalue weighted by Crippen LogP contribution is -2.25. The number of amides is 1. The van der Waals surface area contributed by atoms with Gasteiger partial charge in [-0.25, -0.2) is 13.4 Å². The van der Waals surface area contributed by atoms with Gasteiger partial charge in [0.15, 0.2) is 4.90 Å². The number of aromatic hydroxyl groups is 1. The van der Waals surface area contributed by atoms with Crippen molar-refractivity contribution < 1.29 is 27.8 Å². The van der Waals surface area contributed by atoms with Crippen molar-refractivity contribution in [2.75, 3.05) is 19.5 Å². The minimum absolute atomic E-state index is 0.0233. The number of para-hydroxylation sites is 1. The summed E-state index contributed by atoms with van der Waals surface area (Å²) in [5.74, 6) is 0.308. The van der Waals surface area contributed by atoms with Gasteiger partial charge in [-0.2, -0.15) is 4.98 Å². The highest BCUT2D eigenvalue weighted by Crippen LogP contribution is 2.38. The van der Waals surface area contributed by atoms with Gasteiger partial charge in [0.05, 0.1) is 19.1 Å². The average Bonchev–Trinajstić information content (AvgIpc) is 3.86. The van der Waals surface area contributed by atoms with Crippen LogP contribution in [0.2, 0.25) is 0 Å². The van der Waals surface area contributed by atoms with E-state index in [2.05, 4.69) is 15.3 Å². The number of nitrogens with zero attached hydrogens (tertiary/aromatic N) is 3. The number of nitrogens with one attached hydrogen (secondary N) is 1. The van der Waals surface area contributed by atoms with Crippen molar-refractivity contribution in [1.29, 1.82) is 0 Å². The van der Waals surface area contributed by atoms with Gasteiger partial charge in [-0.3, -0.25) is 14.2 Å². The zero-order chi connectivity index (χ0) is 30.7. The fraction of sp³-hybridized carbons (Fsp3) is 0.290. The first kappa shape index (κ1) is 29.8. The van der Waals surface area contributed by atoms with Crippen LogP contribution in [0.3, 0.4) is 0 Å². The topological polar surface area (TPSA) is 150 Å². The molecule has 5 rings (SSSR count). The van der Waals surface area contributed by atoms with E-state index in [1.54, 1.807) is 48.7 Å². The van der Waals surface area contributed by atoms with Crippen LogP contribution in [0.4, 0.5) is 5.82 Å². The number of methoxy groups -OCH3 is 2. The van der Waals surface area contributed by atoms with Gasteiger partial charge in [0.2, 0.25) is 21.6 Å². The minimum atomic E-state index is -4.53. The van der Waals surface area contributed by atoms with E-state index >= 15 is 0 Å². The summed E-state index contributed by atoms with van der Waals surface area (Å²) in [5, 5.41) is 14.3. The smallest absolute Gasteiger partial charge is 0.296 e. The largest absolute Gasteiger partial charge is 0.494 e. The molecule has 0 saturated heterocycles. The molecule has 2 heterocycles. The summed E-state index contributed by atoms with van der Waals surface area (Å²) in [6.45, 7) is 1.96. The van der Waals surface area contributed by atoms with Gasteiger partial charge in [0.25, 0.3) is 5.56 Å². The number of hydrogen-bond acceptors (Lipinski definition) is 9. The molecule has 1 saturated carbocycles. The second-order valence-corrected chi connectivity index (χ2v) is 12.0. The van der Waals surface area contributed by atoms with Gasteiger partial charge in [-0.05, 0) is 66.8 Å². The Morgan fingerprint density at radius 1 is 1.05 bits per heavy atom. The summed E-state index contributed by atoms with van der Waals surface area (Å²) in [5.41, 5.74) is 0.526. The third kappa shape index (κ3) is 5.96. The minimum Gasteiger partial charge on any atom is -0.494 e. The summed E-state index contributed by atoms with van der Waals surface area (Å²) in [4.78, 5) is 32.6. The molecule has 43 heavy (non-hydrogen) atoms. The van der Waals surface area contributed by atoms with E-state index in [0.29, 0.717) is 29.8 Å². The molecule has 0 bridgehead atoms. The lowest BCUT2D eigenvalue weighted by Gasteiger charge is -2.21. The maximum absolute atomic E-state index is 13.9. The Morgan fingerprint density at radius 2 is 1.72 bits per heavy atom. The Labute approximate surface area is 249 Å². The quantitative estimate of drug-likeness (QED) is 0.252. The Morgan fingerprint density at radius 3 is 2.33 bits per heavy atom. The molecule has 0 atom stereocenters. The van der Waals surface area contributed by atoms with E-state index in [4.69, 9.17) is 9.47 Å². The highest BCUT2D eigenvalue weighted by atomic mass is 32.2. The normalized spacial score (nSPS) is 13.0. The van der Waals surface area contributed by atoms with Gasteiger partial charge in [0, 0.05) is 18.5 Å². The third-order valence-corrected chi connectivity index (χ3v) is 8.99. The fourth-order valence-electron chi connectivity index (χ4n) is 4.76. The highest BCUT2D eigenvalue weighted by molar-refractivity contribution is 7.91. The first-order valence-electron chi connectivity index (χ1n) is 13.9. The molecule has 11 nitrogen and oxygen atoms in total. The van der Waals surface area contributed by atoms with Crippen LogP contribution in [-0.4, -0.2) is 48.2 Å². The molecule has 12 heteroatoms. The zero-order valence-electron chi connectivity index (χ0n) is 24.0. The average molecular weight is 605 g/mol. The van der Waals surface area contributed by atoms with Crippen LogP contribution in [-0.2, 0) is 21.1 Å². The van der Waals surface area contributed by atoms with E-state index < -0.39 is 26.2 Å². The van der Waals surface area contributed by atoms with Crippen LogP contribution >= 0.6 is 0 Å². The molecule has 0 radical (unpaired) electrons. The second-order valence-electron chi connectivity index (χ2n) is 10.2. The molecule has 1 amide bonds. The number of ether oxygens (including phenoxy) is 2. The number of hydrogen-bond donors (Lipinski definition) is 2. The molecular weight excluding hydrogens is 572 g/mol. The van der Waals surface area contributed by atoms with E-state index in [0.717, 1.165) is 19.3 Å². The van der Waals surface area contributed by atoms with E-state index in [1.165, 1.54) is 30.9 Å². The number of aromatic nitrogens is 3. The SMILES string of the molecule is CCCCc1nc(=O)c(S(=O)(=O)c2ccc(-c3ccnc(NC(=O)C4CC4)c3)cc2)c(O)n1-c1c(OC)cccc1OC. The first-order valence-corrected chi connectivity index (χ1v) is 15.4. The number of carbonyl (C=O) groups excluding carboxylic acids is 1. The molecule has 0 aliphatic heterocycles. The standard InChI is InChI=1S/C31H32N4O7S/c1-4-5-9-26-34-30(37)28(31(38)35(26)27-23(41-2)7-6-8-24(27)42-3)43(39,40)22-14-12-19(13-15-22)21-16-17-32-25(18-21)33-29(36)20-10-11-20/h6-8,12-18,20,38H,4-5,9-11H2,1-3H3,(H,32,33,36). The second kappa shape index (κ2) is 12.3. The van der Waals surface area contributed by atoms with E-state index in [1.807, 2.05) is 6.92 Å². The molecule has 4 aromatic rings. The summed E-state index contributed by atoms with van der Waals surface area (Å²) in [6.07, 6.45) is 5.00. The van der Waals surface area contributed by atoms with Crippen molar-refractivity contribution in [3.05, 3.63) is 77.0 Å². The van der Waals surface area contributed by atoms with Gasteiger partial charge in [0.1, 0.15) is 28.8 Å². The lowest BCUT2D eigenvalue weighted by atomic mass is 10.1. The molecule has 0 spiro atoms. The van der Waals surface area contributed by atoms with Crippen LogP contribution in [0.15, 0.2) is 75.4 Å². The monoisotopic (exact) mass is 604 g/mol. The number of unbranched alkanes of at least 4 members (excludes halogenated alkanes) is 1. The summed E-state index contributed by atoms with van der Waals surface area (Å²) < 4.78 is 39.9. The summed E-state index contributed by atoms with van der Waals surface area (Å²) in [7, 11) is -1.66. The Kier molecular flexibility index (Phi) is 8.49. The maximum atomic E-state index is 13.9. The highest BCUT2D eigenvalue weighted by Gasteiger charge is 2.32. The predicted molar refractivity (Wildman–Crippen MR) is 160 cm³/mol. The molecule has 1 aliphatic rings. The van der Waals surface area contributed by atoms with Crippen LogP contribution < -0.4 is 20.3 Å². The number of aryl methyl sites for hydroxylation is 1. The Balaban J connectivity index is 1.57. The van der Waals surface area contributed by atoms with Gasteiger partial charge in [-0.1, -0.05) is 31.5 Å². The molecule has 224 valence electrons. The Bertz CT molecular complexity index is 1810. The lowest BCUT2D eigenvalue weighted by molar-refractivity contribution is -0.117. The van der Waals surface area contributed by atoms with Crippen molar-refractivity contribution in [2.45, 2.75) is 48.8 Å². The molecule has 1 aliphatic carbocycles.